The smallest absolute Gasteiger partial charge is 0.267 e. The molecular formula is C19H20N4O2. The molecule has 2 aromatic heterocycles. The number of carbonyl (C=O) groups excluding carboxylic acids is 1. The molecule has 0 aliphatic rings. The number of hydrogen-bond donors (Lipinski definition) is 3. The summed E-state index contributed by atoms with van der Waals surface area (Å²) < 4.78 is 2.10. The Labute approximate surface area is 145 Å². The molecule has 6 nitrogen and oxygen atoms in total. The van der Waals surface area contributed by atoms with Gasteiger partial charge in [-0.05, 0) is 29.3 Å². The first kappa shape index (κ1) is 16.9. The summed E-state index contributed by atoms with van der Waals surface area (Å²) in [5.41, 5.74) is 5.79. The SMILES string of the molecule is O=C(/C=C/c1ccc(CNCCc2cnc3ccccn23)cc1)NO. The molecule has 3 rings (SSSR count). The zero-order chi connectivity index (χ0) is 17.5. The summed E-state index contributed by atoms with van der Waals surface area (Å²) in [5.74, 6) is -0.543. The van der Waals surface area contributed by atoms with Gasteiger partial charge in [-0.25, -0.2) is 10.5 Å². The number of nitrogens with zero attached hydrogens (tertiary/aromatic N) is 2. The summed E-state index contributed by atoms with van der Waals surface area (Å²) in [7, 11) is 0. The van der Waals surface area contributed by atoms with E-state index in [0.717, 1.165) is 30.7 Å². The fourth-order valence-corrected chi connectivity index (χ4v) is 2.57. The Hall–Kier alpha value is -2.96. The maximum Gasteiger partial charge on any atom is 0.267 e. The molecule has 0 aliphatic heterocycles. The highest BCUT2D eigenvalue weighted by molar-refractivity contribution is 5.90. The molecule has 2 heterocycles. The van der Waals surface area contributed by atoms with E-state index in [4.69, 9.17) is 5.21 Å². The summed E-state index contributed by atoms with van der Waals surface area (Å²) >= 11 is 0. The summed E-state index contributed by atoms with van der Waals surface area (Å²) in [6, 6.07) is 13.9. The molecule has 0 saturated carbocycles. The van der Waals surface area contributed by atoms with Crippen LogP contribution in [0.25, 0.3) is 11.7 Å². The number of hydrogen-bond acceptors (Lipinski definition) is 4. The Kier molecular flexibility index (Phi) is 5.56. The molecular weight excluding hydrogens is 316 g/mol. The van der Waals surface area contributed by atoms with E-state index in [-0.39, 0.29) is 0 Å². The van der Waals surface area contributed by atoms with Crippen LogP contribution in [0.3, 0.4) is 0 Å². The zero-order valence-corrected chi connectivity index (χ0v) is 13.7. The molecule has 0 bridgehead atoms. The number of nitrogens with one attached hydrogen (secondary N) is 2. The van der Waals surface area contributed by atoms with E-state index in [0.29, 0.717) is 0 Å². The number of amides is 1. The first-order chi connectivity index (χ1) is 12.3. The van der Waals surface area contributed by atoms with Gasteiger partial charge in [0.25, 0.3) is 5.91 Å². The Balaban J connectivity index is 1.47. The summed E-state index contributed by atoms with van der Waals surface area (Å²) in [6.45, 7) is 1.64. The molecule has 0 fully saturated rings. The van der Waals surface area contributed by atoms with Gasteiger partial charge in [0.15, 0.2) is 0 Å². The monoisotopic (exact) mass is 336 g/mol. The molecule has 0 atom stereocenters. The highest BCUT2D eigenvalue weighted by atomic mass is 16.5. The van der Waals surface area contributed by atoms with Crippen LogP contribution in [0.4, 0.5) is 0 Å². The van der Waals surface area contributed by atoms with E-state index >= 15 is 0 Å². The van der Waals surface area contributed by atoms with Gasteiger partial charge in [-0.1, -0.05) is 30.3 Å². The Morgan fingerprint density at radius 1 is 1.20 bits per heavy atom. The molecule has 0 spiro atoms. The van der Waals surface area contributed by atoms with Crippen LogP contribution in [-0.4, -0.2) is 27.0 Å². The second-order valence-corrected chi connectivity index (χ2v) is 5.66. The number of carbonyl (C=O) groups is 1. The lowest BCUT2D eigenvalue weighted by Crippen LogP contribution is -2.17. The van der Waals surface area contributed by atoms with Crippen molar-refractivity contribution in [3.05, 3.63) is 77.8 Å². The average Bonchev–Trinajstić information content (AvgIpc) is 3.07. The van der Waals surface area contributed by atoms with Crippen LogP contribution in [0.1, 0.15) is 16.8 Å². The van der Waals surface area contributed by atoms with E-state index in [1.54, 1.807) is 11.6 Å². The highest BCUT2D eigenvalue weighted by Crippen LogP contribution is 2.08. The van der Waals surface area contributed by atoms with Crippen molar-refractivity contribution >= 4 is 17.6 Å². The molecule has 25 heavy (non-hydrogen) atoms. The number of fused-ring (bicyclic) bond motifs is 1. The fraction of sp³-hybridized carbons (Fsp3) is 0.158. The Morgan fingerprint density at radius 3 is 2.84 bits per heavy atom. The largest absolute Gasteiger partial charge is 0.312 e. The van der Waals surface area contributed by atoms with Gasteiger partial charge in [-0.2, -0.15) is 0 Å². The second kappa shape index (κ2) is 8.23. The Morgan fingerprint density at radius 2 is 2.04 bits per heavy atom. The van der Waals surface area contributed by atoms with Gasteiger partial charge in [-0.3, -0.25) is 10.0 Å². The number of rotatable bonds is 7. The first-order valence-corrected chi connectivity index (χ1v) is 8.09. The minimum absolute atomic E-state index is 0.543. The van der Waals surface area contributed by atoms with Gasteiger partial charge >= 0.3 is 0 Å². The molecule has 0 aliphatic carbocycles. The number of hydroxylamine groups is 1. The van der Waals surface area contributed by atoms with Gasteiger partial charge in [-0.15, -0.1) is 0 Å². The van der Waals surface area contributed by atoms with Crippen molar-refractivity contribution in [3.63, 3.8) is 0 Å². The minimum Gasteiger partial charge on any atom is -0.312 e. The van der Waals surface area contributed by atoms with Crippen molar-refractivity contribution < 1.29 is 10.0 Å². The van der Waals surface area contributed by atoms with Crippen LogP contribution in [-0.2, 0) is 17.8 Å². The van der Waals surface area contributed by atoms with Crippen LogP contribution in [0.5, 0.6) is 0 Å². The fourth-order valence-electron chi connectivity index (χ4n) is 2.57. The molecule has 0 saturated heterocycles. The van der Waals surface area contributed by atoms with Crippen LogP contribution in [0.15, 0.2) is 60.9 Å². The lowest BCUT2D eigenvalue weighted by Gasteiger charge is -2.06. The van der Waals surface area contributed by atoms with Crippen LogP contribution in [0.2, 0.25) is 0 Å². The van der Waals surface area contributed by atoms with Gasteiger partial charge in [0.05, 0.1) is 0 Å². The summed E-state index contributed by atoms with van der Waals surface area (Å²) in [4.78, 5) is 15.3. The number of aromatic nitrogens is 2. The molecule has 3 aromatic rings. The van der Waals surface area contributed by atoms with Crippen molar-refractivity contribution in [2.45, 2.75) is 13.0 Å². The third kappa shape index (κ3) is 4.53. The minimum atomic E-state index is -0.543. The van der Waals surface area contributed by atoms with Crippen molar-refractivity contribution in [2.75, 3.05) is 6.54 Å². The normalized spacial score (nSPS) is 11.2. The average molecular weight is 336 g/mol. The first-order valence-electron chi connectivity index (χ1n) is 8.09. The van der Waals surface area contributed by atoms with Gasteiger partial charge in [0.2, 0.25) is 0 Å². The predicted molar refractivity (Wildman–Crippen MR) is 96.0 cm³/mol. The van der Waals surface area contributed by atoms with Crippen molar-refractivity contribution in [2.24, 2.45) is 0 Å². The molecule has 128 valence electrons. The number of imidazole rings is 1. The van der Waals surface area contributed by atoms with E-state index in [1.807, 2.05) is 54.9 Å². The molecule has 1 amide bonds. The van der Waals surface area contributed by atoms with E-state index in [2.05, 4.69) is 14.7 Å². The molecule has 0 radical (unpaired) electrons. The third-order valence-corrected chi connectivity index (χ3v) is 3.90. The third-order valence-electron chi connectivity index (χ3n) is 3.90. The quantitative estimate of drug-likeness (QED) is 0.267. The summed E-state index contributed by atoms with van der Waals surface area (Å²) in [6.07, 6.45) is 7.78. The number of benzene rings is 1. The lowest BCUT2D eigenvalue weighted by atomic mass is 10.1. The van der Waals surface area contributed by atoms with Crippen molar-refractivity contribution in [3.8, 4) is 0 Å². The maximum atomic E-state index is 10.9. The highest BCUT2D eigenvalue weighted by Gasteiger charge is 2.01. The van der Waals surface area contributed by atoms with Crippen LogP contribution in [0, 0.1) is 0 Å². The van der Waals surface area contributed by atoms with E-state index in [9.17, 15) is 4.79 Å². The van der Waals surface area contributed by atoms with Crippen LogP contribution >= 0.6 is 0 Å². The van der Waals surface area contributed by atoms with Gasteiger partial charge in [0.1, 0.15) is 5.65 Å². The van der Waals surface area contributed by atoms with Gasteiger partial charge in [0, 0.05) is 43.7 Å². The van der Waals surface area contributed by atoms with E-state index < -0.39 is 5.91 Å². The molecule has 1 aromatic carbocycles. The number of pyridine rings is 1. The molecule has 6 heteroatoms. The topological polar surface area (TPSA) is 78.7 Å². The standard InChI is InChI=1S/C19H20N4O2/c24-19(22-25)9-8-15-4-6-16(7-5-15)13-20-11-10-17-14-21-18-3-1-2-12-23(17)18/h1-9,12,14,20,25H,10-11,13H2,(H,22,24)/b9-8+. The lowest BCUT2D eigenvalue weighted by molar-refractivity contribution is -0.124. The molecule has 3 N–H and O–H groups in total. The van der Waals surface area contributed by atoms with Crippen molar-refractivity contribution in [1.82, 2.24) is 20.2 Å². The van der Waals surface area contributed by atoms with Crippen molar-refractivity contribution in [1.29, 1.82) is 0 Å². The molecule has 0 unspecified atom stereocenters. The van der Waals surface area contributed by atoms with E-state index in [1.165, 1.54) is 17.3 Å². The summed E-state index contributed by atoms with van der Waals surface area (Å²) in [5, 5.41) is 11.9. The maximum absolute atomic E-state index is 10.9. The zero-order valence-electron chi connectivity index (χ0n) is 13.7. The predicted octanol–water partition coefficient (Wildman–Crippen LogP) is 2.19. The Bertz CT molecular complexity index is 869. The van der Waals surface area contributed by atoms with Gasteiger partial charge < -0.3 is 9.72 Å². The second-order valence-electron chi connectivity index (χ2n) is 5.66. The van der Waals surface area contributed by atoms with Crippen LogP contribution < -0.4 is 10.8 Å².